The Bertz CT molecular complexity index is 228. The molecule has 0 aromatic rings. The second-order valence-electron chi connectivity index (χ2n) is 2.67. The molecule has 0 radical (unpaired) electrons. The van der Waals surface area contributed by atoms with Gasteiger partial charge in [0, 0.05) is 6.26 Å². The summed E-state index contributed by atoms with van der Waals surface area (Å²) in [5.74, 6) is 0. The Labute approximate surface area is 68.0 Å². The monoisotopic (exact) mass is 178 g/mol. The van der Waals surface area contributed by atoms with Crippen LogP contribution in [0, 0.1) is 0 Å². The van der Waals surface area contributed by atoms with Gasteiger partial charge in [0.15, 0.2) is 15.3 Å². The number of rotatable bonds is 4. The lowest BCUT2D eigenvalue weighted by atomic mass is 10.4. The average molecular weight is 178 g/mol. The highest BCUT2D eigenvalue weighted by molar-refractivity contribution is 7.91. The van der Waals surface area contributed by atoms with Crippen molar-refractivity contribution < 1.29 is 13.2 Å². The predicted molar refractivity (Wildman–Crippen MR) is 45.1 cm³/mol. The molecule has 4 heteroatoms. The second-order valence-corrected chi connectivity index (χ2v) is 4.99. The molecule has 0 aromatic heterocycles. The van der Waals surface area contributed by atoms with Gasteiger partial charge in [0.25, 0.3) is 0 Å². The highest BCUT2D eigenvalue weighted by Crippen LogP contribution is 2.01. The molecule has 66 valence electrons. The Morgan fingerprint density at radius 2 is 2.09 bits per heavy atom. The van der Waals surface area contributed by atoms with Crippen molar-refractivity contribution in [2.75, 3.05) is 12.9 Å². The van der Waals surface area contributed by atoms with Gasteiger partial charge in [-0.1, -0.05) is 12.2 Å². The molecule has 0 saturated carbocycles. The van der Waals surface area contributed by atoms with E-state index in [2.05, 4.69) is 6.58 Å². The Hall–Kier alpha value is -0.350. The van der Waals surface area contributed by atoms with Crippen LogP contribution in [0.4, 0.5) is 0 Å². The fourth-order valence-corrected chi connectivity index (χ4v) is 0.698. The largest absolute Gasteiger partial charge is 0.358 e. The lowest BCUT2D eigenvalue weighted by Gasteiger charge is -2.09. The molecule has 1 atom stereocenters. The van der Waals surface area contributed by atoms with E-state index in [0.29, 0.717) is 6.61 Å². The molecule has 0 aliphatic heterocycles. The molecule has 0 bridgehead atoms. The van der Waals surface area contributed by atoms with E-state index in [-0.39, 0.29) is 0 Å². The number of hydrogen-bond donors (Lipinski definition) is 0. The minimum absolute atomic E-state index is 0.300. The summed E-state index contributed by atoms with van der Waals surface area (Å²) in [6.45, 7) is 7.19. The molecule has 0 saturated heterocycles. The van der Waals surface area contributed by atoms with Crippen molar-refractivity contribution in [1.82, 2.24) is 0 Å². The van der Waals surface area contributed by atoms with Crippen LogP contribution in [0.2, 0.25) is 0 Å². The van der Waals surface area contributed by atoms with Gasteiger partial charge in [-0.2, -0.15) is 0 Å². The van der Waals surface area contributed by atoms with Gasteiger partial charge in [-0.25, -0.2) is 8.42 Å². The first-order valence-electron chi connectivity index (χ1n) is 3.29. The van der Waals surface area contributed by atoms with E-state index >= 15 is 0 Å². The lowest BCUT2D eigenvalue weighted by molar-refractivity contribution is 0.138. The van der Waals surface area contributed by atoms with Gasteiger partial charge < -0.3 is 4.74 Å². The molecule has 0 fully saturated rings. The number of sulfone groups is 1. The Balaban J connectivity index is 3.90. The van der Waals surface area contributed by atoms with Crippen LogP contribution in [0.25, 0.3) is 0 Å². The van der Waals surface area contributed by atoms with Crippen LogP contribution in [0.5, 0.6) is 0 Å². The SMILES string of the molecule is C=C(C)COC(C)S(C)(=O)=O. The lowest BCUT2D eigenvalue weighted by Crippen LogP contribution is -2.20. The first kappa shape index (κ1) is 10.7. The van der Waals surface area contributed by atoms with Crippen molar-refractivity contribution in [2.24, 2.45) is 0 Å². The molecule has 0 amide bonds. The fraction of sp³-hybridized carbons (Fsp3) is 0.714. The molecule has 0 spiro atoms. The van der Waals surface area contributed by atoms with E-state index in [1.54, 1.807) is 6.92 Å². The summed E-state index contributed by atoms with van der Waals surface area (Å²) >= 11 is 0. The quantitative estimate of drug-likeness (QED) is 0.602. The highest BCUT2D eigenvalue weighted by Gasteiger charge is 2.14. The number of hydrogen-bond acceptors (Lipinski definition) is 3. The second kappa shape index (κ2) is 3.88. The third-order valence-electron chi connectivity index (χ3n) is 1.17. The van der Waals surface area contributed by atoms with Crippen molar-refractivity contribution in [3.63, 3.8) is 0 Å². The summed E-state index contributed by atoms with van der Waals surface area (Å²) in [6, 6.07) is 0. The van der Waals surface area contributed by atoms with Gasteiger partial charge in [-0.15, -0.1) is 0 Å². The van der Waals surface area contributed by atoms with E-state index < -0.39 is 15.3 Å². The van der Waals surface area contributed by atoms with Crippen LogP contribution >= 0.6 is 0 Å². The van der Waals surface area contributed by atoms with Crippen LogP contribution in [-0.4, -0.2) is 26.7 Å². The Morgan fingerprint density at radius 1 is 1.64 bits per heavy atom. The maximum atomic E-state index is 10.8. The van der Waals surface area contributed by atoms with Crippen molar-refractivity contribution in [3.05, 3.63) is 12.2 Å². The fourth-order valence-electron chi connectivity index (χ4n) is 0.383. The van der Waals surface area contributed by atoms with Crippen LogP contribution in [0.15, 0.2) is 12.2 Å². The number of ether oxygens (including phenoxy) is 1. The maximum absolute atomic E-state index is 10.8. The van der Waals surface area contributed by atoms with E-state index in [0.717, 1.165) is 11.8 Å². The van der Waals surface area contributed by atoms with Crippen LogP contribution in [0.1, 0.15) is 13.8 Å². The third kappa shape index (κ3) is 4.98. The predicted octanol–water partition coefficient (Wildman–Crippen LogP) is 0.970. The zero-order valence-electron chi connectivity index (χ0n) is 7.12. The van der Waals surface area contributed by atoms with Gasteiger partial charge in [0.2, 0.25) is 0 Å². The van der Waals surface area contributed by atoms with Crippen LogP contribution < -0.4 is 0 Å². The summed E-state index contributed by atoms with van der Waals surface area (Å²) < 4.78 is 26.6. The molecule has 1 unspecified atom stereocenters. The molecule has 3 nitrogen and oxygen atoms in total. The molecular weight excluding hydrogens is 164 g/mol. The van der Waals surface area contributed by atoms with Crippen LogP contribution in [0.3, 0.4) is 0 Å². The molecule has 0 N–H and O–H groups in total. The first-order chi connectivity index (χ1) is 4.84. The molecule has 0 aliphatic rings. The van der Waals surface area contributed by atoms with Gasteiger partial charge in [0.1, 0.15) is 0 Å². The van der Waals surface area contributed by atoms with Crippen LogP contribution in [-0.2, 0) is 14.6 Å². The molecule has 11 heavy (non-hydrogen) atoms. The summed E-state index contributed by atoms with van der Waals surface area (Å²) in [5, 5.41) is 0. The summed E-state index contributed by atoms with van der Waals surface area (Å²) in [5.41, 5.74) is 0.0831. The van der Waals surface area contributed by atoms with E-state index in [4.69, 9.17) is 4.74 Å². The maximum Gasteiger partial charge on any atom is 0.173 e. The zero-order valence-corrected chi connectivity index (χ0v) is 7.94. The van der Waals surface area contributed by atoms with Gasteiger partial charge in [0.05, 0.1) is 6.61 Å². The van der Waals surface area contributed by atoms with Gasteiger partial charge in [-0.05, 0) is 13.8 Å². The van der Waals surface area contributed by atoms with Crippen molar-refractivity contribution in [1.29, 1.82) is 0 Å². The molecule has 0 heterocycles. The van der Waals surface area contributed by atoms with E-state index in [1.165, 1.54) is 6.92 Å². The average Bonchev–Trinajstić information content (AvgIpc) is 1.80. The minimum Gasteiger partial charge on any atom is -0.358 e. The molecule has 0 rings (SSSR count). The highest BCUT2D eigenvalue weighted by atomic mass is 32.2. The first-order valence-corrected chi connectivity index (χ1v) is 5.24. The molecule has 0 aromatic carbocycles. The van der Waals surface area contributed by atoms with Crippen molar-refractivity contribution >= 4 is 9.84 Å². The standard InChI is InChI=1S/C7H14O3S/c1-6(2)5-10-7(3)11(4,8)9/h7H,1,5H2,2-4H3. The summed E-state index contributed by atoms with van der Waals surface area (Å²) in [6.07, 6.45) is 1.15. The van der Waals surface area contributed by atoms with E-state index in [9.17, 15) is 8.42 Å². The molecular formula is C7H14O3S. The summed E-state index contributed by atoms with van der Waals surface area (Å²) in [4.78, 5) is 0. The Morgan fingerprint density at radius 3 is 2.36 bits per heavy atom. The molecule has 0 aliphatic carbocycles. The van der Waals surface area contributed by atoms with E-state index in [1.807, 2.05) is 0 Å². The van der Waals surface area contributed by atoms with Crippen molar-refractivity contribution in [3.8, 4) is 0 Å². The van der Waals surface area contributed by atoms with Crippen molar-refractivity contribution in [2.45, 2.75) is 19.3 Å². The summed E-state index contributed by atoms with van der Waals surface area (Å²) in [7, 11) is -3.06. The minimum atomic E-state index is -3.06. The third-order valence-corrected chi connectivity index (χ3v) is 2.51. The Kier molecular flexibility index (Phi) is 3.75. The normalized spacial score (nSPS) is 14.5. The zero-order chi connectivity index (χ0) is 9.07. The topological polar surface area (TPSA) is 43.4 Å². The van der Waals surface area contributed by atoms with Gasteiger partial charge >= 0.3 is 0 Å². The van der Waals surface area contributed by atoms with Gasteiger partial charge in [-0.3, -0.25) is 0 Å². The smallest absolute Gasteiger partial charge is 0.173 e.